The van der Waals surface area contributed by atoms with Crippen LogP contribution >= 0.6 is 11.6 Å². The molecule has 0 amide bonds. The standard InChI is InChI=1S/C24H26ClFN6/c1-16(29-13-17-6-8-19(26)9-7-17)30-14-22-23(27)32(15-18-10-11-28-12-18)24(31-22)20-4-2-3-5-21(20)25/h2-9,14,18,28-29H,1,10-13,15,27H2/b30-14-/t18-/m0/s1. The minimum absolute atomic E-state index is 0.264. The first-order valence-electron chi connectivity index (χ1n) is 10.5. The van der Waals surface area contributed by atoms with Crippen LogP contribution in [0.4, 0.5) is 10.2 Å². The Morgan fingerprint density at radius 2 is 2.09 bits per heavy atom. The Kier molecular flexibility index (Phi) is 6.87. The van der Waals surface area contributed by atoms with Crippen LogP contribution in [0.1, 0.15) is 17.7 Å². The largest absolute Gasteiger partial charge is 0.383 e. The first kappa shape index (κ1) is 22.0. The van der Waals surface area contributed by atoms with Crippen molar-refractivity contribution in [2.24, 2.45) is 10.9 Å². The number of aromatic nitrogens is 2. The van der Waals surface area contributed by atoms with E-state index in [0.29, 0.717) is 34.8 Å². The van der Waals surface area contributed by atoms with Gasteiger partial charge in [0.2, 0.25) is 0 Å². The Morgan fingerprint density at radius 1 is 1.31 bits per heavy atom. The molecule has 1 saturated heterocycles. The van der Waals surface area contributed by atoms with Gasteiger partial charge in [-0.1, -0.05) is 42.4 Å². The van der Waals surface area contributed by atoms with Crippen molar-refractivity contribution in [3.8, 4) is 11.4 Å². The Balaban J connectivity index is 1.54. The molecular formula is C24H26ClFN6. The molecule has 0 radical (unpaired) electrons. The third kappa shape index (κ3) is 5.18. The highest BCUT2D eigenvalue weighted by Crippen LogP contribution is 2.31. The summed E-state index contributed by atoms with van der Waals surface area (Å²) >= 11 is 6.46. The van der Waals surface area contributed by atoms with Gasteiger partial charge < -0.3 is 20.9 Å². The molecule has 32 heavy (non-hydrogen) atoms. The summed E-state index contributed by atoms with van der Waals surface area (Å²) in [7, 11) is 0. The van der Waals surface area contributed by atoms with E-state index in [2.05, 4.69) is 22.2 Å². The SMILES string of the molecule is C=C(/N=C\c1nc(-c2ccccc2Cl)n(C[C@H]2CCNC2)c1N)NCc1ccc(F)cc1. The monoisotopic (exact) mass is 452 g/mol. The number of rotatable bonds is 8. The lowest BCUT2D eigenvalue weighted by atomic mass is 10.1. The van der Waals surface area contributed by atoms with Gasteiger partial charge in [0.25, 0.3) is 0 Å². The Hall–Kier alpha value is -3.16. The number of nitrogens with one attached hydrogen (secondary N) is 2. The van der Waals surface area contributed by atoms with Crippen molar-refractivity contribution < 1.29 is 4.39 Å². The molecule has 6 nitrogen and oxygen atoms in total. The number of nitrogens with two attached hydrogens (primary N) is 1. The number of hydrogen-bond acceptors (Lipinski definition) is 5. The number of benzene rings is 2. The number of anilines is 1. The predicted octanol–water partition coefficient (Wildman–Crippen LogP) is 4.21. The van der Waals surface area contributed by atoms with E-state index in [1.54, 1.807) is 18.3 Å². The molecule has 1 aliphatic heterocycles. The first-order chi connectivity index (χ1) is 15.5. The van der Waals surface area contributed by atoms with Gasteiger partial charge >= 0.3 is 0 Å². The van der Waals surface area contributed by atoms with E-state index in [1.165, 1.54) is 12.1 Å². The normalized spacial score (nSPS) is 16.0. The fourth-order valence-corrected chi connectivity index (χ4v) is 3.95. The van der Waals surface area contributed by atoms with Crippen molar-refractivity contribution in [3.63, 3.8) is 0 Å². The van der Waals surface area contributed by atoms with E-state index in [0.717, 1.165) is 43.0 Å². The van der Waals surface area contributed by atoms with Gasteiger partial charge in [-0.25, -0.2) is 14.4 Å². The summed E-state index contributed by atoms with van der Waals surface area (Å²) in [5, 5.41) is 7.12. The van der Waals surface area contributed by atoms with Crippen molar-refractivity contribution in [1.29, 1.82) is 0 Å². The molecular weight excluding hydrogens is 427 g/mol. The summed E-state index contributed by atoms with van der Waals surface area (Å²) in [6.07, 6.45) is 2.70. The summed E-state index contributed by atoms with van der Waals surface area (Å²) in [6.45, 7) is 7.13. The number of nitrogen functional groups attached to an aromatic ring is 1. The molecule has 4 rings (SSSR count). The molecule has 1 fully saturated rings. The third-order valence-electron chi connectivity index (χ3n) is 5.51. The number of halogens is 2. The van der Waals surface area contributed by atoms with Gasteiger partial charge in [-0.05, 0) is 55.3 Å². The van der Waals surface area contributed by atoms with E-state index < -0.39 is 0 Å². The van der Waals surface area contributed by atoms with Gasteiger partial charge in [-0.2, -0.15) is 0 Å². The van der Waals surface area contributed by atoms with E-state index in [-0.39, 0.29) is 5.82 Å². The highest BCUT2D eigenvalue weighted by Gasteiger charge is 2.22. The quantitative estimate of drug-likeness (QED) is 0.447. The molecule has 0 bridgehead atoms. The zero-order chi connectivity index (χ0) is 22.5. The number of imidazole rings is 1. The van der Waals surface area contributed by atoms with E-state index in [1.807, 2.05) is 28.8 Å². The maximum absolute atomic E-state index is 13.0. The predicted molar refractivity (Wildman–Crippen MR) is 128 cm³/mol. The van der Waals surface area contributed by atoms with Crippen molar-refractivity contribution in [2.75, 3.05) is 18.8 Å². The highest BCUT2D eigenvalue weighted by molar-refractivity contribution is 6.33. The Morgan fingerprint density at radius 3 is 2.81 bits per heavy atom. The molecule has 0 unspecified atom stereocenters. The lowest BCUT2D eigenvalue weighted by Gasteiger charge is -2.14. The van der Waals surface area contributed by atoms with E-state index >= 15 is 0 Å². The van der Waals surface area contributed by atoms with Crippen LogP contribution in [0.5, 0.6) is 0 Å². The van der Waals surface area contributed by atoms with Crippen LogP contribution < -0.4 is 16.4 Å². The van der Waals surface area contributed by atoms with Gasteiger partial charge in [-0.3, -0.25) is 0 Å². The van der Waals surface area contributed by atoms with Crippen molar-refractivity contribution in [1.82, 2.24) is 20.2 Å². The molecule has 166 valence electrons. The summed E-state index contributed by atoms with van der Waals surface area (Å²) in [5.41, 5.74) is 8.82. The van der Waals surface area contributed by atoms with Gasteiger partial charge in [0.1, 0.15) is 29.0 Å². The van der Waals surface area contributed by atoms with Crippen LogP contribution in [0.25, 0.3) is 11.4 Å². The smallest absolute Gasteiger partial charge is 0.143 e. The summed E-state index contributed by atoms with van der Waals surface area (Å²) in [6, 6.07) is 13.9. The number of nitrogens with zero attached hydrogens (tertiary/aromatic N) is 3. The van der Waals surface area contributed by atoms with Crippen LogP contribution in [0.3, 0.4) is 0 Å². The maximum atomic E-state index is 13.0. The summed E-state index contributed by atoms with van der Waals surface area (Å²) in [5.74, 6) is 1.94. The van der Waals surface area contributed by atoms with Crippen LogP contribution in [0, 0.1) is 11.7 Å². The van der Waals surface area contributed by atoms with Crippen molar-refractivity contribution in [3.05, 3.63) is 83.0 Å². The second-order valence-electron chi connectivity index (χ2n) is 7.84. The molecule has 1 atom stereocenters. The highest BCUT2D eigenvalue weighted by atomic mass is 35.5. The number of hydrogen-bond donors (Lipinski definition) is 3. The van der Waals surface area contributed by atoms with Gasteiger partial charge in [-0.15, -0.1) is 0 Å². The first-order valence-corrected chi connectivity index (χ1v) is 10.9. The van der Waals surface area contributed by atoms with E-state index in [4.69, 9.17) is 22.3 Å². The zero-order valence-electron chi connectivity index (χ0n) is 17.7. The second kappa shape index (κ2) is 9.97. The Labute approximate surface area is 192 Å². The molecule has 2 aromatic carbocycles. The maximum Gasteiger partial charge on any atom is 0.143 e. The molecule has 8 heteroatoms. The molecule has 4 N–H and O–H groups in total. The zero-order valence-corrected chi connectivity index (χ0v) is 18.4. The minimum Gasteiger partial charge on any atom is -0.383 e. The van der Waals surface area contributed by atoms with Crippen LogP contribution in [-0.2, 0) is 13.1 Å². The molecule has 1 aliphatic rings. The fourth-order valence-electron chi connectivity index (χ4n) is 3.73. The minimum atomic E-state index is -0.264. The average molecular weight is 453 g/mol. The van der Waals surface area contributed by atoms with Crippen LogP contribution in [-0.4, -0.2) is 28.9 Å². The molecule has 2 heterocycles. The topological polar surface area (TPSA) is 80.3 Å². The van der Waals surface area contributed by atoms with Crippen molar-refractivity contribution >= 4 is 23.6 Å². The molecule has 0 saturated carbocycles. The van der Waals surface area contributed by atoms with Crippen LogP contribution in [0.2, 0.25) is 5.02 Å². The van der Waals surface area contributed by atoms with Gasteiger partial charge in [0.05, 0.1) is 11.2 Å². The molecule has 1 aromatic heterocycles. The lowest BCUT2D eigenvalue weighted by molar-refractivity contribution is 0.488. The summed E-state index contributed by atoms with van der Waals surface area (Å²) in [4.78, 5) is 9.14. The Bertz CT molecular complexity index is 1120. The average Bonchev–Trinajstić information content (AvgIpc) is 3.41. The van der Waals surface area contributed by atoms with E-state index in [9.17, 15) is 4.39 Å². The summed E-state index contributed by atoms with van der Waals surface area (Å²) < 4.78 is 15.1. The fraction of sp³-hybridized carbons (Fsp3) is 0.250. The van der Waals surface area contributed by atoms with Crippen LogP contribution in [0.15, 0.2) is 65.9 Å². The van der Waals surface area contributed by atoms with Gasteiger partial charge in [0.15, 0.2) is 0 Å². The second-order valence-corrected chi connectivity index (χ2v) is 8.25. The van der Waals surface area contributed by atoms with Crippen molar-refractivity contribution in [2.45, 2.75) is 19.5 Å². The molecule has 3 aromatic rings. The lowest BCUT2D eigenvalue weighted by Crippen LogP contribution is -2.16. The van der Waals surface area contributed by atoms with Gasteiger partial charge in [0, 0.05) is 18.7 Å². The molecule has 0 spiro atoms. The third-order valence-corrected chi connectivity index (χ3v) is 5.84. The molecule has 0 aliphatic carbocycles. The number of aliphatic imine (C=N–C) groups is 1.